The van der Waals surface area contributed by atoms with Crippen LogP contribution in [0.4, 0.5) is 11.4 Å². The number of hydroxylamine groups is 1. The average Bonchev–Trinajstić information content (AvgIpc) is 3.00. The van der Waals surface area contributed by atoms with Gasteiger partial charge in [0, 0.05) is 38.4 Å². The maximum atomic E-state index is 12.2. The number of hydrogen-bond donors (Lipinski definition) is 3. The minimum atomic E-state index is -0.406. The van der Waals surface area contributed by atoms with E-state index in [1.807, 2.05) is 19.1 Å². The second-order valence-electron chi connectivity index (χ2n) is 6.57. The monoisotopic (exact) mass is 474 g/mol. The number of hydrogen-bond acceptors (Lipinski definition) is 7. The molecule has 0 saturated heterocycles. The van der Waals surface area contributed by atoms with Gasteiger partial charge in [0.1, 0.15) is 17.3 Å². The first-order valence-corrected chi connectivity index (χ1v) is 10.4. The maximum Gasteiger partial charge on any atom is 0.278 e. The summed E-state index contributed by atoms with van der Waals surface area (Å²) < 4.78 is 11.3. The van der Waals surface area contributed by atoms with E-state index in [-0.39, 0.29) is 0 Å². The van der Waals surface area contributed by atoms with Crippen molar-refractivity contribution in [3.8, 4) is 11.5 Å². The van der Waals surface area contributed by atoms with Crippen molar-refractivity contribution in [2.75, 3.05) is 33.1 Å². The third-order valence-electron chi connectivity index (χ3n) is 4.43. The normalized spacial score (nSPS) is 11.6. The number of rotatable bonds is 8. The molecule has 0 aliphatic carbocycles. The van der Waals surface area contributed by atoms with Crippen LogP contribution < -0.4 is 25.6 Å². The molecule has 0 spiro atoms. The zero-order chi connectivity index (χ0) is 24.2. The molecule has 0 aromatic heterocycles. The molecule has 0 fully saturated rings. The number of nitrogens with zero attached hydrogens (tertiary/aromatic N) is 1. The number of carbonyl (C=O) groups excluding carboxylic acids is 2. The van der Waals surface area contributed by atoms with Crippen LogP contribution in [0.15, 0.2) is 47.2 Å². The van der Waals surface area contributed by atoms with Crippen LogP contribution in [0.5, 0.6) is 11.5 Å². The standard InChI is InChI=1S/C20H20ClN3O4.C3H7NO/c1-22-17-5-4-13(10-16(17)21)28-14-6-7-23-18-11-19(26-2)15(9-12(18)8-14)20(25)24-27-3;1-2-4-3-5/h4-7,9-11,22H,8H2,1-3H3,(H,24,25);3H,2H2,1H3,(H,4,5). The lowest BCUT2D eigenvalue weighted by Gasteiger charge is -2.14. The molecule has 176 valence electrons. The molecule has 2 aromatic carbocycles. The van der Waals surface area contributed by atoms with Gasteiger partial charge in [-0.3, -0.25) is 19.4 Å². The Hall–Kier alpha value is -3.56. The van der Waals surface area contributed by atoms with Gasteiger partial charge < -0.3 is 20.1 Å². The number of halogens is 1. The molecule has 0 atom stereocenters. The second kappa shape index (κ2) is 13.1. The molecule has 33 heavy (non-hydrogen) atoms. The predicted molar refractivity (Wildman–Crippen MR) is 129 cm³/mol. The molecule has 10 heteroatoms. The number of benzene rings is 2. The molecule has 9 nitrogen and oxygen atoms in total. The Kier molecular flexibility index (Phi) is 10.2. The van der Waals surface area contributed by atoms with Gasteiger partial charge in [0.25, 0.3) is 5.91 Å². The Bertz CT molecular complexity index is 1040. The van der Waals surface area contributed by atoms with Gasteiger partial charge in [0.05, 0.1) is 36.2 Å². The smallest absolute Gasteiger partial charge is 0.278 e. The van der Waals surface area contributed by atoms with Crippen molar-refractivity contribution in [3.05, 3.63) is 58.3 Å². The lowest BCUT2D eigenvalue weighted by atomic mass is 10.0. The Morgan fingerprint density at radius 3 is 2.61 bits per heavy atom. The van der Waals surface area contributed by atoms with E-state index in [2.05, 4.69) is 21.1 Å². The fourth-order valence-electron chi connectivity index (χ4n) is 2.88. The fourth-order valence-corrected chi connectivity index (χ4v) is 3.15. The summed E-state index contributed by atoms with van der Waals surface area (Å²) in [6, 6.07) is 8.84. The molecular weight excluding hydrogens is 448 g/mol. The minimum absolute atomic E-state index is 0.348. The predicted octanol–water partition coefficient (Wildman–Crippen LogP) is 3.66. The number of ether oxygens (including phenoxy) is 2. The highest BCUT2D eigenvalue weighted by Gasteiger charge is 2.19. The summed E-state index contributed by atoms with van der Waals surface area (Å²) in [4.78, 5) is 30.7. The van der Waals surface area contributed by atoms with Crippen molar-refractivity contribution in [1.82, 2.24) is 10.8 Å². The van der Waals surface area contributed by atoms with E-state index < -0.39 is 5.91 Å². The Balaban J connectivity index is 0.000000696. The largest absolute Gasteiger partial charge is 0.496 e. The summed E-state index contributed by atoms with van der Waals surface area (Å²) in [6.07, 6.45) is 4.55. The molecular formula is C23H27ClN4O5. The third-order valence-corrected chi connectivity index (χ3v) is 4.74. The molecule has 0 radical (unpaired) electrons. The van der Waals surface area contributed by atoms with E-state index in [1.54, 1.807) is 37.5 Å². The fraction of sp³-hybridized carbons (Fsp3) is 0.261. The van der Waals surface area contributed by atoms with Gasteiger partial charge in [-0.15, -0.1) is 0 Å². The number of aliphatic imine (C=N–C) groups is 1. The Morgan fingerprint density at radius 2 is 2.03 bits per heavy atom. The van der Waals surface area contributed by atoms with E-state index in [1.165, 1.54) is 14.2 Å². The summed E-state index contributed by atoms with van der Waals surface area (Å²) in [7, 11) is 4.67. The van der Waals surface area contributed by atoms with Crippen LogP contribution >= 0.6 is 11.6 Å². The van der Waals surface area contributed by atoms with Crippen LogP contribution in [0.2, 0.25) is 5.02 Å². The Morgan fingerprint density at radius 1 is 1.24 bits per heavy atom. The summed E-state index contributed by atoms with van der Waals surface area (Å²) in [6.45, 7) is 2.60. The van der Waals surface area contributed by atoms with Crippen molar-refractivity contribution >= 4 is 41.5 Å². The highest BCUT2D eigenvalue weighted by molar-refractivity contribution is 6.33. The molecule has 3 N–H and O–H groups in total. The molecule has 0 bridgehead atoms. The first kappa shape index (κ1) is 25.7. The number of methoxy groups -OCH3 is 1. The highest BCUT2D eigenvalue weighted by atomic mass is 35.5. The summed E-state index contributed by atoms with van der Waals surface area (Å²) in [5.41, 5.74) is 4.99. The van der Waals surface area contributed by atoms with E-state index >= 15 is 0 Å². The maximum absolute atomic E-state index is 12.2. The molecule has 0 saturated carbocycles. The zero-order valence-corrected chi connectivity index (χ0v) is 19.7. The minimum Gasteiger partial charge on any atom is -0.496 e. The van der Waals surface area contributed by atoms with Gasteiger partial charge in [-0.2, -0.15) is 0 Å². The quantitative estimate of drug-likeness (QED) is 0.398. The van der Waals surface area contributed by atoms with Gasteiger partial charge >= 0.3 is 0 Å². The molecule has 3 rings (SSSR count). The van der Waals surface area contributed by atoms with E-state index in [0.29, 0.717) is 46.4 Å². The van der Waals surface area contributed by atoms with Gasteiger partial charge in [-0.1, -0.05) is 11.6 Å². The lowest BCUT2D eigenvalue weighted by Crippen LogP contribution is -2.22. The van der Waals surface area contributed by atoms with Gasteiger partial charge in [0.2, 0.25) is 6.41 Å². The van der Waals surface area contributed by atoms with E-state index in [0.717, 1.165) is 17.8 Å². The first-order chi connectivity index (χ1) is 16.0. The summed E-state index contributed by atoms with van der Waals surface area (Å²) in [5, 5.41) is 6.00. The number of amides is 2. The average molecular weight is 475 g/mol. The summed E-state index contributed by atoms with van der Waals surface area (Å²) in [5.74, 6) is 1.28. The number of carbonyl (C=O) groups is 2. The van der Waals surface area contributed by atoms with Crippen molar-refractivity contribution in [3.63, 3.8) is 0 Å². The molecule has 2 aromatic rings. The molecule has 1 aliphatic heterocycles. The van der Waals surface area contributed by atoms with Crippen LogP contribution in [0.1, 0.15) is 22.8 Å². The molecule has 1 aliphatic rings. The van der Waals surface area contributed by atoms with Crippen molar-refractivity contribution in [1.29, 1.82) is 0 Å². The van der Waals surface area contributed by atoms with Crippen molar-refractivity contribution in [2.24, 2.45) is 4.99 Å². The zero-order valence-electron chi connectivity index (χ0n) is 18.9. The lowest BCUT2D eigenvalue weighted by molar-refractivity contribution is -0.109. The van der Waals surface area contributed by atoms with E-state index in [4.69, 9.17) is 25.9 Å². The van der Waals surface area contributed by atoms with Crippen molar-refractivity contribution in [2.45, 2.75) is 13.3 Å². The van der Waals surface area contributed by atoms with Crippen LogP contribution in [0.3, 0.4) is 0 Å². The number of anilines is 1. The molecule has 0 unspecified atom stereocenters. The summed E-state index contributed by atoms with van der Waals surface area (Å²) >= 11 is 6.22. The van der Waals surface area contributed by atoms with Crippen LogP contribution in [-0.2, 0) is 16.1 Å². The van der Waals surface area contributed by atoms with Crippen LogP contribution in [0, 0.1) is 0 Å². The van der Waals surface area contributed by atoms with Crippen LogP contribution in [0.25, 0.3) is 0 Å². The van der Waals surface area contributed by atoms with Crippen LogP contribution in [-0.4, -0.2) is 46.3 Å². The highest BCUT2D eigenvalue weighted by Crippen LogP contribution is 2.33. The topological polar surface area (TPSA) is 110 Å². The van der Waals surface area contributed by atoms with Gasteiger partial charge in [-0.05, 0) is 36.8 Å². The molecule has 1 heterocycles. The number of nitrogens with one attached hydrogen (secondary N) is 3. The number of fused-ring (bicyclic) bond motifs is 1. The van der Waals surface area contributed by atoms with Gasteiger partial charge in [-0.25, -0.2) is 5.48 Å². The van der Waals surface area contributed by atoms with Crippen molar-refractivity contribution < 1.29 is 23.9 Å². The first-order valence-electron chi connectivity index (χ1n) is 10.1. The van der Waals surface area contributed by atoms with Gasteiger partial charge in [0.15, 0.2) is 0 Å². The SMILES string of the molecule is CCNC=O.CNc1ccc(OC2=CC=Nc3cc(OC)c(C(=O)NOC)cc3C2)cc1Cl. The number of allylic oxidation sites excluding steroid dienone is 2. The van der Waals surface area contributed by atoms with E-state index in [9.17, 15) is 9.59 Å². The second-order valence-corrected chi connectivity index (χ2v) is 6.98. The third kappa shape index (κ3) is 7.23. The molecule has 2 amide bonds. The Labute approximate surface area is 197 Å².